The van der Waals surface area contributed by atoms with Crippen molar-refractivity contribution < 1.29 is 67.7 Å². The first-order chi connectivity index (χ1) is 21.1. The van der Waals surface area contributed by atoms with Crippen molar-refractivity contribution in [2.24, 2.45) is 5.73 Å². The van der Waals surface area contributed by atoms with Crippen LogP contribution in [0.25, 0.3) is 0 Å². The molecule has 0 spiro atoms. The molecule has 0 amide bonds. The first kappa shape index (κ1) is 34.9. The van der Waals surface area contributed by atoms with Crippen LogP contribution in [-0.4, -0.2) is 99.6 Å². The molecule has 248 valence electrons. The highest BCUT2D eigenvalue weighted by Crippen LogP contribution is 2.52. The Balaban J connectivity index is 0.00000480. The van der Waals surface area contributed by atoms with Gasteiger partial charge in [-0.2, -0.15) is 0 Å². The molecule has 46 heavy (non-hydrogen) atoms. The molecule has 1 aliphatic heterocycles. The van der Waals surface area contributed by atoms with Crippen LogP contribution in [0.2, 0.25) is 0 Å². The van der Waals surface area contributed by atoms with Gasteiger partial charge in [-0.1, -0.05) is 12.1 Å². The van der Waals surface area contributed by atoms with Crippen LogP contribution in [0.1, 0.15) is 69.3 Å². The molecule has 0 bridgehead atoms. The van der Waals surface area contributed by atoms with E-state index < -0.39 is 119 Å². The van der Waals surface area contributed by atoms with Gasteiger partial charge in [-0.25, -0.2) is 9.18 Å². The van der Waals surface area contributed by atoms with Gasteiger partial charge in [0.15, 0.2) is 24.9 Å². The predicted molar refractivity (Wildman–Crippen MR) is 154 cm³/mol. The van der Waals surface area contributed by atoms with E-state index in [0.29, 0.717) is 0 Å². The fourth-order valence-electron chi connectivity index (χ4n) is 5.93. The molecule has 0 saturated carbocycles. The Labute approximate surface area is 266 Å². The maximum absolute atomic E-state index is 15.3. The van der Waals surface area contributed by atoms with E-state index in [1.165, 1.54) is 32.2 Å². The summed E-state index contributed by atoms with van der Waals surface area (Å²) >= 11 is 0. The molecule has 6 N–H and O–H groups in total. The molecule has 1 saturated heterocycles. The molecule has 14 nitrogen and oxygen atoms in total. The standard InChI is InChI=1S/C30H30FNO13.ClH/c1-10(33)28(40)43-9-16(34)30(41)7-13-18(15(8-30)45-29-21(31)22(32)23(35)11(2)44-29)27(39)20-19(25(13)37)24(36)12-5-4-6-14(42-3)17(12)26(20)38;/h4-6,11,15,21-23,29,35,37,39,41H,7-9,32H2,1-3H3;1H/t11-,15-,21+,22-,23+,29-,30-;/m0./s1. The summed E-state index contributed by atoms with van der Waals surface area (Å²) in [5.74, 6) is -7.01. The monoisotopic (exact) mass is 667 g/mol. The van der Waals surface area contributed by atoms with Crippen molar-refractivity contribution in [1.82, 2.24) is 0 Å². The summed E-state index contributed by atoms with van der Waals surface area (Å²) in [6.45, 7) is 1.21. The van der Waals surface area contributed by atoms with Crippen LogP contribution in [0, 0.1) is 0 Å². The van der Waals surface area contributed by atoms with Crippen LogP contribution >= 0.6 is 12.4 Å². The molecule has 0 aromatic heterocycles. The Hall–Kier alpha value is -3.99. The van der Waals surface area contributed by atoms with Crippen molar-refractivity contribution >= 4 is 41.5 Å². The summed E-state index contributed by atoms with van der Waals surface area (Å²) in [6, 6.07) is 2.68. The molecule has 2 aromatic rings. The Morgan fingerprint density at radius 3 is 2.39 bits per heavy atom. The zero-order valence-electron chi connectivity index (χ0n) is 24.6. The number of aliphatic hydroxyl groups excluding tert-OH is 1. The number of rotatable bonds is 7. The number of phenols is 2. The summed E-state index contributed by atoms with van der Waals surface area (Å²) in [6.07, 6.45) is -9.70. The van der Waals surface area contributed by atoms with Crippen molar-refractivity contribution in [3.8, 4) is 17.2 Å². The number of benzene rings is 2. The van der Waals surface area contributed by atoms with E-state index >= 15 is 4.39 Å². The Bertz CT molecular complexity index is 1650. The summed E-state index contributed by atoms with van der Waals surface area (Å²) in [4.78, 5) is 63.6. The predicted octanol–water partition coefficient (Wildman–Crippen LogP) is 0.511. The SMILES string of the molecule is COc1cccc2c1C(=O)c1c(O)c3c(c(O)c1C2=O)C[C@@](O)(C(=O)COC(=O)C(C)=O)C[C@@H]3O[C@@H]1O[C@@H](C)[C@@H](O)[C@@H](N)[C@H]1F.Cl. The number of phenolic OH excluding ortho intramolecular Hbond substituents is 2. The van der Waals surface area contributed by atoms with E-state index in [4.69, 9.17) is 19.9 Å². The van der Waals surface area contributed by atoms with E-state index in [1.54, 1.807) is 0 Å². The minimum atomic E-state index is -2.54. The topological polar surface area (TPSA) is 229 Å². The second-order valence-electron chi connectivity index (χ2n) is 11.2. The van der Waals surface area contributed by atoms with E-state index in [-0.39, 0.29) is 34.8 Å². The number of ether oxygens (including phenoxy) is 4. The number of hydrogen-bond donors (Lipinski definition) is 5. The molecule has 7 atom stereocenters. The van der Waals surface area contributed by atoms with Crippen LogP contribution in [-0.2, 0) is 35.0 Å². The molecule has 5 rings (SSSR count). The highest BCUT2D eigenvalue weighted by molar-refractivity contribution is 6.33. The lowest BCUT2D eigenvalue weighted by Gasteiger charge is -2.43. The first-order valence-electron chi connectivity index (χ1n) is 13.8. The van der Waals surface area contributed by atoms with Crippen molar-refractivity contribution in [2.45, 2.75) is 69.1 Å². The number of carbonyl (C=O) groups excluding carboxylic acids is 5. The number of esters is 1. The molecule has 1 fully saturated rings. The van der Waals surface area contributed by atoms with Crippen molar-refractivity contribution in [3.63, 3.8) is 0 Å². The fraction of sp³-hybridized carbons (Fsp3) is 0.433. The maximum atomic E-state index is 15.3. The highest BCUT2D eigenvalue weighted by Gasteiger charge is 2.52. The number of hydrogen-bond acceptors (Lipinski definition) is 14. The molecule has 0 unspecified atom stereocenters. The molecule has 16 heteroatoms. The Morgan fingerprint density at radius 1 is 1.11 bits per heavy atom. The number of aliphatic hydroxyl groups is 2. The lowest BCUT2D eigenvalue weighted by Crippen LogP contribution is -2.60. The number of alkyl halides is 1. The van der Waals surface area contributed by atoms with E-state index in [2.05, 4.69) is 4.74 Å². The third-order valence-electron chi connectivity index (χ3n) is 8.37. The van der Waals surface area contributed by atoms with Gasteiger partial charge in [-0.05, 0) is 13.0 Å². The second kappa shape index (κ2) is 12.7. The van der Waals surface area contributed by atoms with Gasteiger partial charge >= 0.3 is 5.97 Å². The molecule has 2 aliphatic carbocycles. The number of methoxy groups -OCH3 is 1. The number of fused-ring (bicyclic) bond motifs is 3. The van der Waals surface area contributed by atoms with Gasteiger partial charge in [0, 0.05) is 36.5 Å². The van der Waals surface area contributed by atoms with Crippen LogP contribution in [0.3, 0.4) is 0 Å². The fourth-order valence-corrected chi connectivity index (χ4v) is 5.93. The largest absolute Gasteiger partial charge is 0.507 e. The minimum absolute atomic E-state index is 0. The van der Waals surface area contributed by atoms with Crippen molar-refractivity contribution in [3.05, 3.63) is 51.6 Å². The van der Waals surface area contributed by atoms with Gasteiger partial charge in [-0.3, -0.25) is 19.2 Å². The molecule has 1 heterocycles. The summed E-state index contributed by atoms with van der Waals surface area (Å²) in [5, 5.41) is 44.7. The van der Waals surface area contributed by atoms with Crippen LogP contribution in [0.5, 0.6) is 17.2 Å². The quantitative estimate of drug-likeness (QED) is 0.131. The van der Waals surface area contributed by atoms with E-state index in [9.17, 15) is 44.4 Å². The second-order valence-corrected chi connectivity index (χ2v) is 11.2. The first-order valence-corrected chi connectivity index (χ1v) is 13.8. The number of carbonyl (C=O) groups is 5. The highest BCUT2D eigenvalue weighted by atomic mass is 35.5. The normalized spacial score (nSPS) is 28.2. The lowest BCUT2D eigenvalue weighted by molar-refractivity contribution is -0.273. The van der Waals surface area contributed by atoms with Crippen LogP contribution < -0.4 is 10.5 Å². The smallest absolute Gasteiger partial charge is 0.374 e. The third-order valence-corrected chi connectivity index (χ3v) is 8.37. The van der Waals surface area contributed by atoms with Gasteiger partial charge in [0.05, 0.1) is 48.2 Å². The van der Waals surface area contributed by atoms with Gasteiger partial charge in [0.1, 0.15) is 22.8 Å². The van der Waals surface area contributed by atoms with Crippen LogP contribution in [0.15, 0.2) is 18.2 Å². The molecular weight excluding hydrogens is 637 g/mol. The zero-order chi connectivity index (χ0) is 33.1. The molecular formula is C30H31ClFNO13. The lowest BCUT2D eigenvalue weighted by atomic mass is 9.72. The number of Topliss-reactive ketones (excluding diaryl/α,β-unsaturated/α-hetero) is 2. The summed E-state index contributed by atoms with van der Waals surface area (Å²) < 4.78 is 36.4. The summed E-state index contributed by atoms with van der Waals surface area (Å²) in [7, 11) is 1.27. The van der Waals surface area contributed by atoms with Crippen LogP contribution in [0.4, 0.5) is 4.39 Å². The Kier molecular flexibility index (Phi) is 9.60. The van der Waals surface area contributed by atoms with E-state index in [1.807, 2.05) is 0 Å². The number of halogens is 2. The molecule has 0 radical (unpaired) electrons. The van der Waals surface area contributed by atoms with Gasteiger partial charge < -0.3 is 45.1 Å². The minimum Gasteiger partial charge on any atom is -0.507 e. The average molecular weight is 668 g/mol. The number of aromatic hydroxyl groups is 2. The number of ketones is 4. The third kappa shape index (κ3) is 5.52. The zero-order valence-corrected chi connectivity index (χ0v) is 25.5. The number of nitrogens with two attached hydrogens (primary N) is 1. The maximum Gasteiger partial charge on any atom is 0.374 e. The van der Waals surface area contributed by atoms with Gasteiger partial charge in [-0.15, -0.1) is 12.4 Å². The van der Waals surface area contributed by atoms with E-state index in [0.717, 1.165) is 6.92 Å². The Morgan fingerprint density at radius 2 is 1.76 bits per heavy atom. The molecule has 3 aliphatic rings. The molecule has 2 aromatic carbocycles. The average Bonchev–Trinajstić information content (AvgIpc) is 3.00. The summed E-state index contributed by atoms with van der Waals surface area (Å²) in [5.41, 5.74) is 0.941. The van der Waals surface area contributed by atoms with Gasteiger partial charge in [0.2, 0.25) is 17.3 Å². The van der Waals surface area contributed by atoms with Gasteiger partial charge in [0.25, 0.3) is 0 Å². The van der Waals surface area contributed by atoms with Crippen molar-refractivity contribution in [2.75, 3.05) is 13.7 Å². The van der Waals surface area contributed by atoms with Crippen molar-refractivity contribution in [1.29, 1.82) is 0 Å².